The summed E-state index contributed by atoms with van der Waals surface area (Å²) in [5.41, 5.74) is 1.33. The van der Waals surface area contributed by atoms with Gasteiger partial charge in [-0.2, -0.15) is 0 Å². The van der Waals surface area contributed by atoms with Crippen LogP contribution in [0.2, 0.25) is 0 Å². The van der Waals surface area contributed by atoms with Gasteiger partial charge in [-0.15, -0.1) is 16.4 Å². The molecule has 0 radical (unpaired) electrons. The van der Waals surface area contributed by atoms with Gasteiger partial charge in [0.2, 0.25) is 5.89 Å². The van der Waals surface area contributed by atoms with Crippen molar-refractivity contribution in [2.75, 3.05) is 11.9 Å². The molecule has 0 spiro atoms. The molecule has 5 nitrogen and oxygen atoms in total. The molecule has 0 aromatic carbocycles. The van der Waals surface area contributed by atoms with Gasteiger partial charge in [0.1, 0.15) is 0 Å². The average molecular weight is 280 g/mol. The number of hydrogen-bond donors (Lipinski definition) is 2. The van der Waals surface area contributed by atoms with Gasteiger partial charge < -0.3 is 15.1 Å². The zero-order valence-electron chi connectivity index (χ0n) is 11.8. The molecule has 2 rings (SSSR count). The van der Waals surface area contributed by atoms with E-state index < -0.39 is 0 Å². The lowest BCUT2D eigenvalue weighted by molar-refractivity contribution is 0.429. The van der Waals surface area contributed by atoms with Gasteiger partial charge in [0, 0.05) is 9.75 Å². The largest absolute Gasteiger partial charge is 0.406 e. The van der Waals surface area contributed by atoms with E-state index in [9.17, 15) is 0 Å². The van der Waals surface area contributed by atoms with E-state index in [1.54, 1.807) is 11.3 Å². The van der Waals surface area contributed by atoms with Crippen LogP contribution in [0.15, 0.2) is 10.5 Å². The first-order valence-electron chi connectivity index (χ1n) is 6.46. The fraction of sp³-hybridized carbons (Fsp3) is 0.538. The van der Waals surface area contributed by atoms with Crippen molar-refractivity contribution in [3.05, 3.63) is 27.3 Å². The standard InChI is InChI=1S/C13H20N4OS/c1-5-14-9(3)12-16-17-13(18-12)15-7-11-6-8(2)10(4)19-11/h6,9,14H,5,7H2,1-4H3,(H,15,17). The lowest BCUT2D eigenvalue weighted by atomic mass is 10.3. The van der Waals surface area contributed by atoms with E-state index in [4.69, 9.17) is 4.42 Å². The minimum atomic E-state index is 0.0827. The number of nitrogens with one attached hydrogen (secondary N) is 2. The van der Waals surface area contributed by atoms with Crippen molar-refractivity contribution in [3.8, 4) is 0 Å². The van der Waals surface area contributed by atoms with Crippen molar-refractivity contribution in [2.45, 2.75) is 40.3 Å². The lowest BCUT2D eigenvalue weighted by Crippen LogP contribution is -2.17. The van der Waals surface area contributed by atoms with E-state index in [0.29, 0.717) is 11.9 Å². The van der Waals surface area contributed by atoms with Crippen LogP contribution >= 0.6 is 11.3 Å². The van der Waals surface area contributed by atoms with Gasteiger partial charge in [-0.05, 0) is 38.9 Å². The molecule has 1 atom stereocenters. The Kier molecular flexibility index (Phi) is 4.55. The SMILES string of the molecule is CCNC(C)c1nnc(NCc2cc(C)c(C)s2)o1. The minimum Gasteiger partial charge on any atom is -0.406 e. The fourth-order valence-corrected chi connectivity index (χ4v) is 2.77. The predicted molar refractivity (Wildman–Crippen MR) is 77.5 cm³/mol. The molecule has 2 heterocycles. The van der Waals surface area contributed by atoms with Crippen molar-refractivity contribution in [3.63, 3.8) is 0 Å². The highest BCUT2D eigenvalue weighted by Gasteiger charge is 2.12. The quantitative estimate of drug-likeness (QED) is 0.851. The Hall–Kier alpha value is -1.40. The Morgan fingerprint density at radius 3 is 2.79 bits per heavy atom. The van der Waals surface area contributed by atoms with Gasteiger partial charge in [-0.3, -0.25) is 0 Å². The highest BCUT2D eigenvalue weighted by Crippen LogP contribution is 2.21. The zero-order valence-corrected chi connectivity index (χ0v) is 12.6. The number of hydrogen-bond acceptors (Lipinski definition) is 6. The molecule has 0 fully saturated rings. The summed E-state index contributed by atoms with van der Waals surface area (Å²) in [6.07, 6.45) is 0. The Morgan fingerprint density at radius 2 is 2.16 bits per heavy atom. The topological polar surface area (TPSA) is 63.0 Å². The van der Waals surface area contributed by atoms with Gasteiger partial charge in [0.05, 0.1) is 12.6 Å². The molecule has 0 aliphatic carbocycles. The molecule has 1 unspecified atom stereocenters. The molecule has 0 saturated carbocycles. The van der Waals surface area contributed by atoms with Crippen LogP contribution < -0.4 is 10.6 Å². The summed E-state index contributed by atoms with van der Waals surface area (Å²) >= 11 is 1.79. The van der Waals surface area contributed by atoms with Crippen LogP contribution in [0.1, 0.15) is 41.1 Å². The highest BCUT2D eigenvalue weighted by atomic mass is 32.1. The number of thiophene rings is 1. The van der Waals surface area contributed by atoms with E-state index >= 15 is 0 Å². The van der Waals surface area contributed by atoms with Crippen LogP contribution in [0.4, 0.5) is 6.01 Å². The van der Waals surface area contributed by atoms with Crippen molar-refractivity contribution in [1.82, 2.24) is 15.5 Å². The number of aromatic nitrogens is 2. The molecular formula is C13H20N4OS. The van der Waals surface area contributed by atoms with Gasteiger partial charge >= 0.3 is 6.01 Å². The summed E-state index contributed by atoms with van der Waals surface area (Å²) in [6, 6.07) is 2.74. The smallest absolute Gasteiger partial charge is 0.315 e. The second-order valence-corrected chi connectivity index (χ2v) is 5.87. The molecular weight excluding hydrogens is 260 g/mol. The van der Waals surface area contributed by atoms with Gasteiger partial charge in [-0.25, -0.2) is 0 Å². The first-order chi connectivity index (χ1) is 9.10. The highest BCUT2D eigenvalue weighted by molar-refractivity contribution is 7.12. The second kappa shape index (κ2) is 6.16. The number of rotatable bonds is 6. The normalized spacial score (nSPS) is 12.6. The third-order valence-electron chi connectivity index (χ3n) is 2.95. The van der Waals surface area contributed by atoms with Crippen molar-refractivity contribution in [1.29, 1.82) is 0 Å². The summed E-state index contributed by atoms with van der Waals surface area (Å²) in [6.45, 7) is 9.90. The molecule has 2 N–H and O–H groups in total. The Bertz CT molecular complexity index is 515. The number of anilines is 1. The molecule has 0 aliphatic heterocycles. The monoisotopic (exact) mass is 280 g/mol. The molecule has 6 heteroatoms. The minimum absolute atomic E-state index is 0.0827. The third kappa shape index (κ3) is 3.54. The number of nitrogens with zero attached hydrogens (tertiary/aromatic N) is 2. The molecule has 0 bridgehead atoms. The first kappa shape index (κ1) is 14.0. The molecule has 19 heavy (non-hydrogen) atoms. The molecule has 0 saturated heterocycles. The molecule has 2 aromatic rings. The summed E-state index contributed by atoms with van der Waals surface area (Å²) in [5, 5.41) is 14.4. The molecule has 2 aromatic heterocycles. The van der Waals surface area contributed by atoms with Crippen LogP contribution in [0.25, 0.3) is 0 Å². The maximum absolute atomic E-state index is 5.57. The van der Waals surface area contributed by atoms with Crippen molar-refractivity contribution in [2.24, 2.45) is 0 Å². The fourth-order valence-electron chi connectivity index (χ4n) is 1.77. The summed E-state index contributed by atoms with van der Waals surface area (Å²) in [7, 11) is 0. The Balaban J connectivity index is 1.93. The second-order valence-electron chi connectivity index (χ2n) is 4.53. The summed E-state index contributed by atoms with van der Waals surface area (Å²) < 4.78 is 5.57. The van der Waals surface area contributed by atoms with E-state index in [0.717, 1.165) is 13.1 Å². The third-order valence-corrected chi connectivity index (χ3v) is 4.10. The lowest BCUT2D eigenvalue weighted by Gasteiger charge is -2.05. The summed E-state index contributed by atoms with van der Waals surface area (Å²) in [5.74, 6) is 0.614. The summed E-state index contributed by atoms with van der Waals surface area (Å²) in [4.78, 5) is 2.62. The maximum Gasteiger partial charge on any atom is 0.315 e. The van der Waals surface area contributed by atoms with Crippen LogP contribution in [0.3, 0.4) is 0 Å². The first-order valence-corrected chi connectivity index (χ1v) is 7.28. The van der Waals surface area contributed by atoms with E-state index in [1.807, 2.05) is 13.8 Å². The van der Waals surface area contributed by atoms with Crippen molar-refractivity contribution >= 4 is 17.4 Å². The zero-order chi connectivity index (χ0) is 13.8. The Morgan fingerprint density at radius 1 is 1.37 bits per heavy atom. The van der Waals surface area contributed by atoms with Gasteiger partial charge in [0.25, 0.3) is 0 Å². The number of aryl methyl sites for hydroxylation is 2. The Labute approximate surface area is 117 Å². The van der Waals surface area contributed by atoms with Crippen LogP contribution in [0.5, 0.6) is 0 Å². The van der Waals surface area contributed by atoms with Gasteiger partial charge in [-0.1, -0.05) is 12.0 Å². The van der Waals surface area contributed by atoms with E-state index in [-0.39, 0.29) is 6.04 Å². The van der Waals surface area contributed by atoms with Crippen LogP contribution in [-0.4, -0.2) is 16.7 Å². The van der Waals surface area contributed by atoms with Gasteiger partial charge in [0.15, 0.2) is 0 Å². The molecule has 0 amide bonds. The molecule has 0 aliphatic rings. The van der Waals surface area contributed by atoms with Crippen molar-refractivity contribution < 1.29 is 4.42 Å². The van der Waals surface area contributed by atoms with Crippen LogP contribution in [0, 0.1) is 13.8 Å². The van der Waals surface area contributed by atoms with E-state index in [1.165, 1.54) is 15.3 Å². The van der Waals surface area contributed by atoms with E-state index in [2.05, 4.69) is 40.7 Å². The maximum atomic E-state index is 5.57. The average Bonchev–Trinajstić information content (AvgIpc) is 2.95. The molecule has 104 valence electrons. The van der Waals surface area contributed by atoms with Crippen LogP contribution in [-0.2, 0) is 6.54 Å². The predicted octanol–water partition coefficient (Wildman–Crippen LogP) is 3.03.